The topological polar surface area (TPSA) is 75.6 Å². The van der Waals surface area contributed by atoms with Crippen LogP contribution in [0.15, 0.2) is 104 Å². The summed E-state index contributed by atoms with van der Waals surface area (Å²) in [6.45, 7) is 0.209. The fourth-order valence-electron chi connectivity index (χ4n) is 3.72. The van der Waals surface area contributed by atoms with Crippen molar-refractivity contribution in [2.75, 3.05) is 5.32 Å². The largest absolute Gasteiger partial charge is 0.487 e. The predicted octanol–water partition coefficient (Wildman–Crippen LogP) is 9.21. The summed E-state index contributed by atoms with van der Waals surface area (Å²) in [7, 11) is 0. The average Bonchev–Trinajstić information content (AvgIpc) is 3.42. The van der Waals surface area contributed by atoms with Gasteiger partial charge in [0, 0.05) is 27.2 Å². The van der Waals surface area contributed by atoms with Crippen molar-refractivity contribution in [1.29, 1.82) is 0 Å². The molecule has 5 rings (SSSR count). The van der Waals surface area contributed by atoms with Crippen LogP contribution >= 0.6 is 54.8 Å². The molecule has 0 fully saturated rings. The zero-order valence-corrected chi connectivity index (χ0v) is 25.8. The molecule has 0 radical (unpaired) electrons. The fourth-order valence-corrected chi connectivity index (χ4v) is 6.03. The minimum atomic E-state index is -0.343. The Morgan fingerprint density at radius 2 is 1.76 bits per heavy atom. The molecule has 5 aromatic rings. The highest BCUT2D eigenvalue weighted by atomic mass is 79.9. The van der Waals surface area contributed by atoms with Crippen LogP contribution in [0.5, 0.6) is 5.75 Å². The molecule has 41 heavy (non-hydrogen) atoms. The number of rotatable bonds is 9. The Bertz CT molecular complexity index is 1690. The van der Waals surface area contributed by atoms with E-state index in [2.05, 4.69) is 52.7 Å². The molecule has 1 aromatic heterocycles. The number of thiazole rings is 1. The maximum atomic E-state index is 13.4. The van der Waals surface area contributed by atoms with Crippen LogP contribution in [0, 0.1) is 5.82 Å². The number of benzene rings is 4. The Hall–Kier alpha value is -3.57. The van der Waals surface area contributed by atoms with Gasteiger partial charge in [-0.1, -0.05) is 35.9 Å². The number of amides is 1. The Labute approximate surface area is 261 Å². The van der Waals surface area contributed by atoms with Crippen molar-refractivity contribution in [2.24, 2.45) is 5.10 Å². The lowest BCUT2D eigenvalue weighted by molar-refractivity contribution is 0.0955. The number of nitrogens with zero attached hydrogens (tertiary/aromatic N) is 2. The molecule has 2 N–H and O–H groups in total. The molecule has 0 unspecified atom stereocenters. The second-order valence-electron chi connectivity index (χ2n) is 8.68. The van der Waals surface area contributed by atoms with Gasteiger partial charge in [0.25, 0.3) is 5.91 Å². The highest BCUT2D eigenvalue weighted by molar-refractivity contribution is 9.11. The highest BCUT2D eigenvalue weighted by Gasteiger charge is 2.11. The van der Waals surface area contributed by atoms with Gasteiger partial charge in [-0.3, -0.25) is 4.79 Å². The van der Waals surface area contributed by atoms with E-state index in [0.29, 0.717) is 30.8 Å². The zero-order valence-electron chi connectivity index (χ0n) is 21.1. The van der Waals surface area contributed by atoms with E-state index in [0.717, 1.165) is 27.6 Å². The van der Waals surface area contributed by atoms with E-state index in [1.54, 1.807) is 36.4 Å². The number of carbonyl (C=O) groups excluding carboxylic acids is 1. The van der Waals surface area contributed by atoms with Gasteiger partial charge in [0.05, 0.1) is 20.9 Å². The van der Waals surface area contributed by atoms with E-state index in [4.69, 9.17) is 16.3 Å². The van der Waals surface area contributed by atoms with Crippen LogP contribution in [0.1, 0.15) is 21.5 Å². The monoisotopic (exact) mass is 712 g/mol. The quantitative estimate of drug-likeness (QED) is 0.118. The Morgan fingerprint density at radius 3 is 2.46 bits per heavy atom. The number of carbonyl (C=O) groups is 1. The predicted molar refractivity (Wildman–Crippen MR) is 170 cm³/mol. The maximum absolute atomic E-state index is 13.4. The summed E-state index contributed by atoms with van der Waals surface area (Å²) in [4.78, 5) is 17.2. The molecule has 4 aromatic carbocycles. The minimum Gasteiger partial charge on any atom is -0.487 e. The first kappa shape index (κ1) is 28.9. The summed E-state index contributed by atoms with van der Waals surface area (Å²) in [5, 5.41) is 10.7. The van der Waals surface area contributed by atoms with Gasteiger partial charge >= 0.3 is 0 Å². The number of hydrazone groups is 1. The van der Waals surface area contributed by atoms with Crippen molar-refractivity contribution in [3.05, 3.63) is 127 Å². The van der Waals surface area contributed by atoms with Gasteiger partial charge in [0.1, 0.15) is 18.2 Å². The lowest BCUT2D eigenvalue weighted by Gasteiger charge is -2.11. The lowest BCUT2D eigenvalue weighted by atomic mass is 10.1. The number of halogens is 4. The van der Waals surface area contributed by atoms with E-state index in [1.807, 2.05) is 41.8 Å². The highest BCUT2D eigenvalue weighted by Crippen LogP contribution is 2.35. The van der Waals surface area contributed by atoms with Crippen LogP contribution in [0.25, 0.3) is 11.3 Å². The van der Waals surface area contributed by atoms with Crippen LogP contribution in [-0.4, -0.2) is 17.1 Å². The molecule has 0 aliphatic carbocycles. The molecular formula is C30H20Br2ClFN4O2S. The molecule has 0 spiro atoms. The fraction of sp³-hybridized carbons (Fsp3) is 0.0333. The number of hydrogen-bond donors (Lipinski definition) is 2. The van der Waals surface area contributed by atoms with E-state index in [-0.39, 0.29) is 18.3 Å². The second kappa shape index (κ2) is 13.4. The molecule has 6 nitrogen and oxygen atoms in total. The van der Waals surface area contributed by atoms with Gasteiger partial charge < -0.3 is 10.1 Å². The third-order valence-corrected chi connectivity index (χ3v) is 7.90. The van der Waals surface area contributed by atoms with Crippen LogP contribution in [0.4, 0.5) is 15.2 Å². The summed E-state index contributed by atoms with van der Waals surface area (Å²) in [5.74, 6) is -0.0847. The summed E-state index contributed by atoms with van der Waals surface area (Å²) >= 11 is 14.4. The molecule has 0 aliphatic rings. The normalized spacial score (nSPS) is 11.0. The smallest absolute Gasteiger partial charge is 0.271 e. The standard InChI is InChI=1S/C30H20Br2ClFN4O2S/c31-25-13-19(14-26(32)28(25)40-16-18-2-1-3-23(34)12-18)15-35-38-29(39)21-6-4-20(5-7-21)27-17-41-30(37-27)36-24-10-8-22(33)9-11-24/h1-15,17H,16H2,(H,36,37)(H,38,39)/b35-15-. The number of hydrogen-bond acceptors (Lipinski definition) is 6. The third-order valence-electron chi connectivity index (χ3n) is 5.72. The van der Waals surface area contributed by atoms with Gasteiger partial charge in [0.2, 0.25) is 0 Å². The molecule has 0 atom stereocenters. The second-order valence-corrected chi connectivity index (χ2v) is 11.7. The molecule has 1 heterocycles. The molecule has 11 heteroatoms. The lowest BCUT2D eigenvalue weighted by Crippen LogP contribution is -2.17. The van der Waals surface area contributed by atoms with Crippen LogP contribution in [0.2, 0.25) is 5.02 Å². The van der Waals surface area contributed by atoms with Crippen molar-refractivity contribution < 1.29 is 13.9 Å². The number of aromatic nitrogens is 1. The van der Waals surface area contributed by atoms with Crippen molar-refractivity contribution in [2.45, 2.75) is 6.61 Å². The third kappa shape index (κ3) is 7.80. The molecule has 0 aliphatic heterocycles. The van der Waals surface area contributed by atoms with Gasteiger partial charge in [0.15, 0.2) is 5.13 Å². The Balaban J connectivity index is 1.16. The number of nitrogens with one attached hydrogen (secondary N) is 2. The molecule has 0 saturated heterocycles. The van der Waals surface area contributed by atoms with Gasteiger partial charge in [-0.2, -0.15) is 5.10 Å². The molecule has 0 bridgehead atoms. The van der Waals surface area contributed by atoms with E-state index in [9.17, 15) is 9.18 Å². The van der Waals surface area contributed by atoms with Crippen LogP contribution in [-0.2, 0) is 6.61 Å². The van der Waals surface area contributed by atoms with Crippen molar-refractivity contribution in [1.82, 2.24) is 10.4 Å². The summed E-state index contributed by atoms with van der Waals surface area (Å²) in [5.41, 5.74) is 7.04. The van der Waals surface area contributed by atoms with Crippen LogP contribution in [0.3, 0.4) is 0 Å². The Kier molecular flexibility index (Phi) is 9.45. The summed E-state index contributed by atoms with van der Waals surface area (Å²) < 4.78 is 20.6. The summed E-state index contributed by atoms with van der Waals surface area (Å²) in [6.07, 6.45) is 1.53. The van der Waals surface area contributed by atoms with Crippen LogP contribution < -0.4 is 15.5 Å². The number of anilines is 2. The first-order valence-corrected chi connectivity index (χ1v) is 15.0. The molecular weight excluding hydrogens is 695 g/mol. The molecule has 0 saturated carbocycles. The maximum Gasteiger partial charge on any atom is 0.271 e. The first-order chi connectivity index (χ1) is 19.8. The van der Waals surface area contributed by atoms with Gasteiger partial charge in [-0.25, -0.2) is 14.8 Å². The van der Waals surface area contributed by atoms with Crippen molar-refractivity contribution >= 4 is 77.7 Å². The van der Waals surface area contributed by atoms with E-state index < -0.39 is 0 Å². The number of ether oxygens (including phenoxy) is 1. The SMILES string of the molecule is O=C(N/N=C\c1cc(Br)c(OCc2cccc(F)c2)c(Br)c1)c1ccc(-c2csc(Nc3ccc(Cl)cc3)n2)cc1. The first-order valence-electron chi connectivity index (χ1n) is 12.1. The van der Waals surface area contributed by atoms with Crippen molar-refractivity contribution in [3.8, 4) is 17.0 Å². The zero-order chi connectivity index (χ0) is 28.8. The van der Waals surface area contributed by atoms with Crippen molar-refractivity contribution in [3.63, 3.8) is 0 Å². The molecule has 1 amide bonds. The summed E-state index contributed by atoms with van der Waals surface area (Å²) in [6, 6.07) is 24.4. The minimum absolute atomic E-state index is 0.209. The van der Waals surface area contributed by atoms with E-state index >= 15 is 0 Å². The van der Waals surface area contributed by atoms with Gasteiger partial charge in [-0.15, -0.1) is 11.3 Å². The average molecular weight is 715 g/mol. The van der Waals surface area contributed by atoms with Gasteiger partial charge in [-0.05, 0) is 104 Å². The Morgan fingerprint density at radius 1 is 1.02 bits per heavy atom. The van der Waals surface area contributed by atoms with E-state index in [1.165, 1.54) is 29.7 Å². The molecule has 206 valence electrons.